The quantitative estimate of drug-likeness (QED) is 0.861. The molecule has 1 atom stereocenters. The zero-order valence-corrected chi connectivity index (χ0v) is 13.3. The van der Waals surface area contributed by atoms with E-state index in [2.05, 4.69) is 9.97 Å². The van der Waals surface area contributed by atoms with Gasteiger partial charge in [0, 0.05) is 12.7 Å². The third-order valence-corrected chi connectivity index (χ3v) is 7.02. The molecule has 1 aromatic rings. The van der Waals surface area contributed by atoms with Crippen molar-refractivity contribution in [1.29, 1.82) is 0 Å². The molecule has 0 unspecified atom stereocenters. The van der Waals surface area contributed by atoms with Crippen molar-refractivity contribution >= 4 is 10.0 Å². The number of sulfonamides is 1. The fourth-order valence-electron chi connectivity index (χ4n) is 3.54. The van der Waals surface area contributed by atoms with Crippen molar-refractivity contribution in [3.63, 3.8) is 0 Å². The van der Waals surface area contributed by atoms with Crippen LogP contribution in [0.1, 0.15) is 62.4 Å². The summed E-state index contributed by atoms with van der Waals surface area (Å²) in [5.41, 5.74) is 1.64. The molecule has 116 valence electrons. The SMILES string of the molecule is Cc1cncc([C@H]2CCCN2S(=O)(=O)C2CCCCC2)n1. The average Bonchev–Trinajstić information content (AvgIpc) is 2.98. The second-order valence-corrected chi connectivity index (χ2v) is 8.32. The van der Waals surface area contributed by atoms with Crippen LogP contribution >= 0.6 is 0 Å². The second kappa shape index (κ2) is 6.01. The predicted molar refractivity (Wildman–Crippen MR) is 81.2 cm³/mol. The van der Waals surface area contributed by atoms with E-state index >= 15 is 0 Å². The Kier molecular flexibility index (Phi) is 4.26. The first-order chi connectivity index (χ1) is 10.1. The van der Waals surface area contributed by atoms with Gasteiger partial charge in [-0.05, 0) is 32.6 Å². The van der Waals surface area contributed by atoms with E-state index in [0.29, 0.717) is 6.54 Å². The molecular formula is C15H23N3O2S. The lowest BCUT2D eigenvalue weighted by Gasteiger charge is -2.30. The van der Waals surface area contributed by atoms with Gasteiger partial charge in [-0.2, -0.15) is 4.31 Å². The first kappa shape index (κ1) is 14.9. The van der Waals surface area contributed by atoms with E-state index in [1.807, 2.05) is 6.92 Å². The molecule has 3 rings (SSSR count). The maximum atomic E-state index is 12.9. The van der Waals surface area contributed by atoms with Crippen LogP contribution in [0, 0.1) is 6.92 Å². The minimum atomic E-state index is -3.21. The van der Waals surface area contributed by atoms with Crippen molar-refractivity contribution in [2.75, 3.05) is 6.54 Å². The molecule has 5 nitrogen and oxygen atoms in total. The Morgan fingerprint density at radius 1 is 1.10 bits per heavy atom. The van der Waals surface area contributed by atoms with Crippen LogP contribution in [0.2, 0.25) is 0 Å². The van der Waals surface area contributed by atoms with E-state index in [9.17, 15) is 8.42 Å². The first-order valence-corrected chi connectivity index (χ1v) is 9.38. The molecule has 0 aromatic carbocycles. The van der Waals surface area contributed by atoms with Crippen LogP contribution in [0.25, 0.3) is 0 Å². The molecular weight excluding hydrogens is 286 g/mol. The lowest BCUT2D eigenvalue weighted by Crippen LogP contribution is -2.39. The summed E-state index contributed by atoms with van der Waals surface area (Å²) >= 11 is 0. The van der Waals surface area contributed by atoms with Gasteiger partial charge in [0.2, 0.25) is 10.0 Å². The molecule has 2 fully saturated rings. The normalized spacial score (nSPS) is 25.3. The maximum absolute atomic E-state index is 12.9. The largest absolute Gasteiger partial charge is 0.261 e. The maximum Gasteiger partial charge on any atom is 0.217 e. The summed E-state index contributed by atoms with van der Waals surface area (Å²) in [6.45, 7) is 2.52. The number of nitrogens with zero attached hydrogens (tertiary/aromatic N) is 3. The van der Waals surface area contributed by atoms with Gasteiger partial charge in [0.25, 0.3) is 0 Å². The average molecular weight is 309 g/mol. The van der Waals surface area contributed by atoms with Crippen molar-refractivity contribution in [2.45, 2.75) is 63.2 Å². The Balaban J connectivity index is 1.86. The van der Waals surface area contributed by atoms with E-state index < -0.39 is 10.0 Å². The van der Waals surface area contributed by atoms with E-state index in [1.54, 1.807) is 16.7 Å². The number of hydrogen-bond donors (Lipinski definition) is 0. The summed E-state index contributed by atoms with van der Waals surface area (Å²) in [6.07, 6.45) is 10.0. The predicted octanol–water partition coefficient (Wildman–Crippen LogP) is 2.58. The molecule has 1 aromatic heterocycles. The lowest BCUT2D eigenvalue weighted by molar-refractivity contribution is 0.369. The van der Waals surface area contributed by atoms with Crippen LogP contribution < -0.4 is 0 Å². The summed E-state index contributed by atoms with van der Waals surface area (Å²) in [5.74, 6) is 0. The monoisotopic (exact) mass is 309 g/mol. The Bertz CT molecular complexity index is 597. The van der Waals surface area contributed by atoms with Gasteiger partial charge in [-0.3, -0.25) is 9.97 Å². The molecule has 1 aliphatic heterocycles. The summed E-state index contributed by atoms with van der Waals surface area (Å²) in [7, 11) is -3.21. The highest BCUT2D eigenvalue weighted by Gasteiger charge is 2.40. The topological polar surface area (TPSA) is 63.2 Å². The summed E-state index contributed by atoms with van der Waals surface area (Å²) in [6, 6.07) is -0.121. The minimum absolute atomic E-state index is 0.121. The molecule has 0 N–H and O–H groups in total. The van der Waals surface area contributed by atoms with E-state index in [1.165, 1.54) is 6.42 Å². The van der Waals surface area contributed by atoms with Crippen LogP contribution in [0.4, 0.5) is 0 Å². The molecule has 2 heterocycles. The first-order valence-electron chi connectivity index (χ1n) is 7.88. The molecule has 0 spiro atoms. The minimum Gasteiger partial charge on any atom is -0.261 e. The fourth-order valence-corrected chi connectivity index (χ4v) is 5.80. The molecule has 2 aliphatic rings. The molecule has 21 heavy (non-hydrogen) atoms. The molecule has 6 heteroatoms. The highest BCUT2D eigenvalue weighted by molar-refractivity contribution is 7.89. The third kappa shape index (κ3) is 2.97. The Hall–Kier alpha value is -1.01. The zero-order valence-electron chi connectivity index (χ0n) is 12.5. The van der Waals surface area contributed by atoms with Crippen molar-refractivity contribution in [2.24, 2.45) is 0 Å². The van der Waals surface area contributed by atoms with Gasteiger partial charge >= 0.3 is 0 Å². The summed E-state index contributed by atoms with van der Waals surface area (Å²) in [5, 5.41) is -0.190. The molecule has 1 aliphatic carbocycles. The molecule has 0 radical (unpaired) electrons. The summed E-state index contributed by atoms with van der Waals surface area (Å²) < 4.78 is 27.6. The van der Waals surface area contributed by atoms with Crippen molar-refractivity contribution < 1.29 is 8.42 Å². The van der Waals surface area contributed by atoms with Gasteiger partial charge < -0.3 is 0 Å². The fraction of sp³-hybridized carbons (Fsp3) is 0.733. The highest BCUT2D eigenvalue weighted by atomic mass is 32.2. The van der Waals surface area contributed by atoms with Crippen molar-refractivity contribution in [3.8, 4) is 0 Å². The van der Waals surface area contributed by atoms with Crippen LogP contribution in [0.3, 0.4) is 0 Å². The number of aryl methyl sites for hydroxylation is 1. The zero-order chi connectivity index (χ0) is 14.9. The lowest BCUT2D eigenvalue weighted by atomic mass is 10.0. The second-order valence-electron chi connectivity index (χ2n) is 6.16. The Labute approximate surface area is 126 Å². The van der Waals surface area contributed by atoms with Crippen molar-refractivity contribution in [1.82, 2.24) is 14.3 Å². The van der Waals surface area contributed by atoms with E-state index in [-0.39, 0.29) is 11.3 Å². The van der Waals surface area contributed by atoms with Crippen LogP contribution in [0.5, 0.6) is 0 Å². The molecule has 1 saturated carbocycles. The smallest absolute Gasteiger partial charge is 0.217 e. The number of aromatic nitrogens is 2. The van der Waals surface area contributed by atoms with Crippen LogP contribution in [-0.2, 0) is 10.0 Å². The van der Waals surface area contributed by atoms with E-state index in [0.717, 1.165) is 49.9 Å². The van der Waals surface area contributed by atoms with Gasteiger partial charge in [-0.25, -0.2) is 8.42 Å². The summed E-state index contributed by atoms with van der Waals surface area (Å²) in [4.78, 5) is 8.67. The highest BCUT2D eigenvalue weighted by Crippen LogP contribution is 2.37. The van der Waals surface area contributed by atoms with Gasteiger partial charge in [-0.15, -0.1) is 0 Å². The van der Waals surface area contributed by atoms with E-state index in [4.69, 9.17) is 0 Å². The van der Waals surface area contributed by atoms with Crippen LogP contribution in [-0.4, -0.2) is 34.5 Å². The Morgan fingerprint density at radius 3 is 2.57 bits per heavy atom. The van der Waals surface area contributed by atoms with Gasteiger partial charge in [0.15, 0.2) is 0 Å². The number of rotatable bonds is 3. The third-order valence-electron chi connectivity index (χ3n) is 4.62. The Morgan fingerprint density at radius 2 is 1.86 bits per heavy atom. The molecule has 0 bridgehead atoms. The standard InChI is InChI=1S/C15H23N3O2S/c1-12-10-16-11-14(17-12)15-8-5-9-18(15)21(19,20)13-6-3-2-4-7-13/h10-11,13,15H,2-9H2,1H3/t15-/m1/s1. The molecule has 0 amide bonds. The van der Waals surface area contributed by atoms with Gasteiger partial charge in [0.05, 0.1) is 28.9 Å². The van der Waals surface area contributed by atoms with Gasteiger partial charge in [-0.1, -0.05) is 19.3 Å². The van der Waals surface area contributed by atoms with Crippen molar-refractivity contribution in [3.05, 3.63) is 23.8 Å². The van der Waals surface area contributed by atoms with Gasteiger partial charge in [0.1, 0.15) is 0 Å². The van der Waals surface area contributed by atoms with Crippen LogP contribution in [0.15, 0.2) is 12.4 Å². The molecule has 1 saturated heterocycles. The number of hydrogen-bond acceptors (Lipinski definition) is 4.